The number of rotatable bonds is 2. The lowest BCUT2D eigenvalue weighted by molar-refractivity contribution is 0.0687. The molecule has 0 amide bonds. The molecule has 0 radical (unpaired) electrons. The summed E-state index contributed by atoms with van der Waals surface area (Å²) < 4.78 is 1.92. The fourth-order valence-electron chi connectivity index (χ4n) is 2.71. The number of benzene rings is 1. The first-order chi connectivity index (χ1) is 9.56. The van der Waals surface area contributed by atoms with E-state index in [-0.39, 0.29) is 5.69 Å². The van der Waals surface area contributed by atoms with Crippen LogP contribution in [0.4, 0.5) is 0 Å². The molecule has 1 aromatic carbocycles. The maximum absolute atomic E-state index is 11.3. The zero-order chi connectivity index (χ0) is 14.3. The number of aliphatic hydroxyl groups excluding tert-OH is 1. The van der Waals surface area contributed by atoms with E-state index in [0.29, 0.717) is 30.9 Å². The van der Waals surface area contributed by atoms with Crippen molar-refractivity contribution in [2.75, 3.05) is 0 Å². The summed E-state index contributed by atoms with van der Waals surface area (Å²) >= 11 is 0. The minimum atomic E-state index is -1.04. The van der Waals surface area contributed by atoms with Gasteiger partial charge >= 0.3 is 5.97 Å². The molecule has 2 aromatic rings. The van der Waals surface area contributed by atoms with E-state index in [2.05, 4.69) is 4.98 Å². The lowest BCUT2D eigenvalue weighted by atomic mass is 10.0. The summed E-state index contributed by atoms with van der Waals surface area (Å²) in [5, 5.41) is 19.0. The Morgan fingerprint density at radius 2 is 2.25 bits per heavy atom. The van der Waals surface area contributed by atoms with Gasteiger partial charge in [0.05, 0.1) is 11.8 Å². The maximum atomic E-state index is 11.3. The molecule has 2 N–H and O–H groups in total. The van der Waals surface area contributed by atoms with Gasteiger partial charge in [0.2, 0.25) is 0 Å². The number of aromatic nitrogens is 2. The minimum Gasteiger partial charge on any atom is -0.476 e. The van der Waals surface area contributed by atoms with Gasteiger partial charge in [-0.3, -0.25) is 0 Å². The third-order valence-electron chi connectivity index (χ3n) is 3.67. The largest absolute Gasteiger partial charge is 0.476 e. The number of carboxylic acid groups (broad SMARTS) is 1. The predicted molar refractivity (Wildman–Crippen MR) is 73.7 cm³/mol. The third-order valence-corrected chi connectivity index (χ3v) is 3.67. The second kappa shape index (κ2) is 4.76. The number of hydrogen-bond donors (Lipinski definition) is 2. The summed E-state index contributed by atoms with van der Waals surface area (Å²) in [4.78, 5) is 15.6. The van der Waals surface area contributed by atoms with E-state index in [0.717, 1.165) is 11.1 Å². The number of nitrogens with zero attached hydrogens (tertiary/aromatic N) is 2. The number of aliphatic hydroxyl groups is 1. The zero-order valence-electron chi connectivity index (χ0n) is 11.2. The predicted octanol–water partition coefficient (Wildman–Crippen LogP) is 1.86. The van der Waals surface area contributed by atoms with Crippen molar-refractivity contribution < 1.29 is 15.0 Å². The quantitative estimate of drug-likeness (QED) is 0.875. The number of fused-ring (bicyclic) bond motifs is 1. The van der Waals surface area contributed by atoms with Crippen LogP contribution in [0.15, 0.2) is 24.3 Å². The first kappa shape index (κ1) is 12.9. The van der Waals surface area contributed by atoms with Crippen LogP contribution in [0.2, 0.25) is 0 Å². The van der Waals surface area contributed by atoms with Gasteiger partial charge in [-0.05, 0) is 19.4 Å². The summed E-state index contributed by atoms with van der Waals surface area (Å²) in [7, 11) is 0. The summed E-state index contributed by atoms with van der Waals surface area (Å²) in [6.07, 6.45) is 0.490. The molecule has 5 nitrogen and oxygen atoms in total. The zero-order valence-corrected chi connectivity index (χ0v) is 11.2. The topological polar surface area (TPSA) is 75.3 Å². The second-order valence-electron chi connectivity index (χ2n) is 5.20. The Morgan fingerprint density at radius 1 is 1.45 bits per heavy atom. The summed E-state index contributed by atoms with van der Waals surface area (Å²) in [6.45, 7) is 2.59. The van der Waals surface area contributed by atoms with Gasteiger partial charge in [0.15, 0.2) is 5.69 Å². The Kier molecular flexibility index (Phi) is 3.06. The van der Waals surface area contributed by atoms with Gasteiger partial charge in [-0.15, -0.1) is 0 Å². The second-order valence-corrected chi connectivity index (χ2v) is 5.20. The number of aryl methyl sites for hydroxylation is 1. The molecule has 0 spiro atoms. The van der Waals surface area contributed by atoms with Crippen LogP contribution < -0.4 is 0 Å². The SMILES string of the molecule is Cc1cccc(-c2nc(C(=O)O)c3n2CCC(O)C3)c1. The molecule has 0 aliphatic carbocycles. The van der Waals surface area contributed by atoms with Gasteiger partial charge in [-0.1, -0.05) is 23.8 Å². The van der Waals surface area contributed by atoms with E-state index in [4.69, 9.17) is 0 Å². The summed E-state index contributed by atoms with van der Waals surface area (Å²) in [5.74, 6) is -0.366. The molecule has 5 heteroatoms. The average molecular weight is 272 g/mol. The molecule has 0 fully saturated rings. The van der Waals surface area contributed by atoms with Gasteiger partial charge in [-0.2, -0.15) is 0 Å². The molecule has 0 saturated heterocycles. The van der Waals surface area contributed by atoms with Crippen LogP contribution in [0.1, 0.15) is 28.2 Å². The van der Waals surface area contributed by atoms with Crippen molar-refractivity contribution in [2.45, 2.75) is 32.4 Å². The highest BCUT2D eigenvalue weighted by atomic mass is 16.4. The highest BCUT2D eigenvalue weighted by molar-refractivity contribution is 5.88. The molecule has 0 saturated carbocycles. The van der Waals surface area contributed by atoms with Crippen molar-refractivity contribution in [3.8, 4) is 11.4 Å². The van der Waals surface area contributed by atoms with E-state index in [9.17, 15) is 15.0 Å². The van der Waals surface area contributed by atoms with Crippen molar-refractivity contribution >= 4 is 5.97 Å². The van der Waals surface area contributed by atoms with Crippen molar-refractivity contribution in [3.05, 3.63) is 41.2 Å². The molecule has 20 heavy (non-hydrogen) atoms. The van der Waals surface area contributed by atoms with Crippen LogP contribution in [0.25, 0.3) is 11.4 Å². The number of carbonyl (C=O) groups is 1. The van der Waals surface area contributed by atoms with E-state index in [1.165, 1.54) is 0 Å². The molecule has 1 aliphatic rings. The molecule has 1 aromatic heterocycles. The van der Waals surface area contributed by atoms with Crippen molar-refractivity contribution in [3.63, 3.8) is 0 Å². The summed E-state index contributed by atoms with van der Waals surface area (Å²) in [6, 6.07) is 7.85. The monoisotopic (exact) mass is 272 g/mol. The Balaban J connectivity index is 2.17. The van der Waals surface area contributed by atoms with Gasteiger partial charge in [0.1, 0.15) is 5.82 Å². The van der Waals surface area contributed by atoms with E-state index in [1.54, 1.807) is 0 Å². The smallest absolute Gasteiger partial charge is 0.356 e. The number of carboxylic acids is 1. The molecule has 104 valence electrons. The van der Waals surface area contributed by atoms with E-state index in [1.807, 2.05) is 35.8 Å². The number of hydrogen-bond acceptors (Lipinski definition) is 3. The lowest BCUT2D eigenvalue weighted by Crippen LogP contribution is -2.24. The Labute approximate surface area is 116 Å². The van der Waals surface area contributed by atoms with Gasteiger partial charge < -0.3 is 14.8 Å². The van der Waals surface area contributed by atoms with Crippen molar-refractivity contribution in [1.82, 2.24) is 9.55 Å². The molecular formula is C15H16N2O3. The third kappa shape index (κ3) is 2.10. The maximum Gasteiger partial charge on any atom is 0.356 e. The molecule has 1 atom stereocenters. The van der Waals surface area contributed by atoms with Crippen molar-refractivity contribution in [1.29, 1.82) is 0 Å². The fourth-order valence-corrected chi connectivity index (χ4v) is 2.71. The van der Waals surface area contributed by atoms with E-state index < -0.39 is 12.1 Å². The highest BCUT2D eigenvalue weighted by Crippen LogP contribution is 2.28. The first-order valence-corrected chi connectivity index (χ1v) is 6.64. The van der Waals surface area contributed by atoms with Crippen LogP contribution in [0.5, 0.6) is 0 Å². The molecule has 1 unspecified atom stereocenters. The molecule has 3 rings (SSSR count). The van der Waals surface area contributed by atoms with Gasteiger partial charge in [0, 0.05) is 18.5 Å². The number of aromatic carboxylic acids is 1. The van der Waals surface area contributed by atoms with Gasteiger partial charge in [0.25, 0.3) is 0 Å². The molecular weight excluding hydrogens is 256 g/mol. The molecule has 2 heterocycles. The van der Waals surface area contributed by atoms with Crippen LogP contribution in [-0.4, -0.2) is 31.8 Å². The number of imidazole rings is 1. The van der Waals surface area contributed by atoms with Crippen LogP contribution >= 0.6 is 0 Å². The Bertz CT molecular complexity index is 676. The van der Waals surface area contributed by atoms with Crippen LogP contribution in [0.3, 0.4) is 0 Å². The lowest BCUT2D eigenvalue weighted by Gasteiger charge is -2.21. The first-order valence-electron chi connectivity index (χ1n) is 6.64. The summed E-state index contributed by atoms with van der Waals surface area (Å²) in [5.41, 5.74) is 2.69. The Hall–Kier alpha value is -2.14. The highest BCUT2D eigenvalue weighted by Gasteiger charge is 2.27. The van der Waals surface area contributed by atoms with Crippen LogP contribution in [-0.2, 0) is 13.0 Å². The van der Waals surface area contributed by atoms with Crippen LogP contribution in [0, 0.1) is 6.92 Å². The minimum absolute atomic E-state index is 0.0558. The van der Waals surface area contributed by atoms with E-state index >= 15 is 0 Å². The van der Waals surface area contributed by atoms with Crippen molar-refractivity contribution in [2.24, 2.45) is 0 Å². The Morgan fingerprint density at radius 3 is 2.95 bits per heavy atom. The average Bonchev–Trinajstić information content (AvgIpc) is 2.77. The van der Waals surface area contributed by atoms with Gasteiger partial charge in [-0.25, -0.2) is 9.78 Å². The normalized spacial score (nSPS) is 17.8. The molecule has 0 bridgehead atoms. The fraction of sp³-hybridized carbons (Fsp3) is 0.333. The standard InChI is InChI=1S/C15H16N2O3/c1-9-3-2-4-10(7-9)14-16-13(15(19)20)12-8-11(18)5-6-17(12)14/h2-4,7,11,18H,5-6,8H2,1H3,(H,19,20). The molecule has 1 aliphatic heterocycles.